The van der Waals surface area contributed by atoms with Gasteiger partial charge in [-0.2, -0.15) is 0 Å². The number of benzene rings is 1. The minimum Gasteiger partial charge on any atom is -0.352 e. The third-order valence-electron chi connectivity index (χ3n) is 3.13. The average Bonchev–Trinajstić information content (AvgIpc) is 3.20. The molecule has 0 aromatic heterocycles. The summed E-state index contributed by atoms with van der Waals surface area (Å²) in [4.78, 5) is 24.0. The van der Waals surface area contributed by atoms with Crippen molar-refractivity contribution < 1.29 is 14.0 Å². The first-order valence-electron chi connectivity index (χ1n) is 6.05. The number of rotatable bonds is 5. The summed E-state index contributed by atoms with van der Waals surface area (Å²) in [5, 5.41) is 5.27. The highest BCUT2D eigenvalue weighted by Crippen LogP contribution is 2.46. The predicted octanol–water partition coefficient (Wildman–Crippen LogP) is 1.85. The molecule has 0 radical (unpaired) electrons. The van der Waals surface area contributed by atoms with Crippen molar-refractivity contribution in [2.75, 3.05) is 11.9 Å². The highest BCUT2D eigenvalue weighted by molar-refractivity contribution is 6.13. The van der Waals surface area contributed by atoms with Gasteiger partial charge in [0.15, 0.2) is 0 Å². The summed E-state index contributed by atoms with van der Waals surface area (Å²) in [6, 6.07) is 5.44. The zero-order valence-corrected chi connectivity index (χ0v) is 10.4. The van der Waals surface area contributed by atoms with Crippen LogP contribution in [0.2, 0.25) is 0 Å². The van der Waals surface area contributed by atoms with E-state index in [1.54, 1.807) is 6.08 Å². The summed E-state index contributed by atoms with van der Waals surface area (Å²) in [7, 11) is 0. The van der Waals surface area contributed by atoms with Gasteiger partial charge in [0.05, 0.1) is 0 Å². The third-order valence-corrected chi connectivity index (χ3v) is 3.13. The van der Waals surface area contributed by atoms with Gasteiger partial charge in [0, 0.05) is 12.2 Å². The van der Waals surface area contributed by atoms with Crippen molar-refractivity contribution in [3.63, 3.8) is 0 Å². The van der Waals surface area contributed by atoms with E-state index in [-0.39, 0.29) is 17.6 Å². The number of anilines is 1. The largest absolute Gasteiger partial charge is 0.352 e. The van der Waals surface area contributed by atoms with Crippen molar-refractivity contribution in [2.24, 2.45) is 5.41 Å². The van der Waals surface area contributed by atoms with Crippen LogP contribution in [-0.2, 0) is 9.59 Å². The molecule has 1 fully saturated rings. The number of nitrogens with one attached hydrogen (secondary N) is 2. The average molecular weight is 262 g/mol. The van der Waals surface area contributed by atoms with Crippen molar-refractivity contribution in [3.8, 4) is 0 Å². The molecule has 0 aliphatic heterocycles. The lowest BCUT2D eigenvalue weighted by molar-refractivity contribution is -0.134. The molecule has 2 amide bonds. The van der Waals surface area contributed by atoms with Gasteiger partial charge in [-0.15, -0.1) is 6.58 Å². The highest BCUT2D eigenvalue weighted by Gasteiger charge is 2.56. The molecule has 0 saturated heterocycles. The van der Waals surface area contributed by atoms with E-state index >= 15 is 0 Å². The van der Waals surface area contributed by atoms with E-state index in [1.165, 1.54) is 24.3 Å². The molecule has 2 rings (SSSR count). The van der Waals surface area contributed by atoms with Crippen LogP contribution in [0, 0.1) is 11.2 Å². The van der Waals surface area contributed by atoms with E-state index in [0.717, 1.165) is 0 Å². The summed E-state index contributed by atoms with van der Waals surface area (Å²) in [5.41, 5.74) is -0.494. The maximum absolute atomic E-state index is 12.8. The molecule has 1 aliphatic rings. The van der Waals surface area contributed by atoms with Crippen LogP contribution >= 0.6 is 0 Å². The molecule has 1 aliphatic carbocycles. The SMILES string of the molecule is C=CCNC(=O)C1(C(=O)Nc2ccc(F)cc2)CC1. The molecule has 4 nitrogen and oxygen atoms in total. The molecule has 0 unspecified atom stereocenters. The summed E-state index contributed by atoms with van der Waals surface area (Å²) in [6.07, 6.45) is 2.62. The van der Waals surface area contributed by atoms with Gasteiger partial charge in [-0.3, -0.25) is 9.59 Å². The van der Waals surface area contributed by atoms with Crippen LogP contribution in [0.15, 0.2) is 36.9 Å². The highest BCUT2D eigenvalue weighted by atomic mass is 19.1. The van der Waals surface area contributed by atoms with Crippen LogP contribution in [0.3, 0.4) is 0 Å². The second kappa shape index (κ2) is 5.22. The quantitative estimate of drug-likeness (QED) is 0.628. The van der Waals surface area contributed by atoms with Gasteiger partial charge < -0.3 is 10.6 Å². The topological polar surface area (TPSA) is 58.2 Å². The summed E-state index contributed by atoms with van der Waals surface area (Å²) in [5.74, 6) is -1.00. The van der Waals surface area contributed by atoms with Gasteiger partial charge >= 0.3 is 0 Å². The molecular formula is C14H15FN2O2. The lowest BCUT2D eigenvalue weighted by atomic mass is 10.1. The Morgan fingerprint density at radius 3 is 2.42 bits per heavy atom. The van der Waals surface area contributed by atoms with Crippen molar-refractivity contribution in [3.05, 3.63) is 42.7 Å². The Bertz CT molecular complexity index is 507. The third kappa shape index (κ3) is 2.81. The van der Waals surface area contributed by atoms with E-state index in [4.69, 9.17) is 0 Å². The fourth-order valence-electron chi connectivity index (χ4n) is 1.80. The van der Waals surface area contributed by atoms with Crippen LogP contribution in [0.4, 0.5) is 10.1 Å². The monoisotopic (exact) mass is 262 g/mol. The van der Waals surface area contributed by atoms with Crippen molar-refractivity contribution in [2.45, 2.75) is 12.8 Å². The van der Waals surface area contributed by atoms with Crippen molar-refractivity contribution in [1.82, 2.24) is 5.32 Å². The Morgan fingerprint density at radius 2 is 1.89 bits per heavy atom. The fourth-order valence-corrected chi connectivity index (χ4v) is 1.80. The molecule has 1 aromatic rings. The maximum atomic E-state index is 12.8. The molecule has 19 heavy (non-hydrogen) atoms. The molecule has 1 saturated carbocycles. The van der Waals surface area contributed by atoms with E-state index in [1.807, 2.05) is 0 Å². The first-order valence-corrected chi connectivity index (χ1v) is 6.05. The first-order chi connectivity index (χ1) is 9.08. The number of carbonyl (C=O) groups is 2. The molecule has 0 spiro atoms. The van der Waals surface area contributed by atoms with Crippen LogP contribution in [-0.4, -0.2) is 18.4 Å². The van der Waals surface area contributed by atoms with E-state index in [0.29, 0.717) is 25.1 Å². The second-order valence-corrected chi connectivity index (χ2v) is 4.54. The normalized spacial score (nSPS) is 15.4. The lowest BCUT2D eigenvalue weighted by Gasteiger charge is -2.14. The van der Waals surface area contributed by atoms with Gasteiger partial charge in [-0.1, -0.05) is 6.08 Å². The number of amides is 2. The Kier molecular flexibility index (Phi) is 3.64. The summed E-state index contributed by atoms with van der Waals surface area (Å²) in [6.45, 7) is 3.84. The minimum atomic E-state index is -0.975. The molecule has 0 atom stereocenters. The van der Waals surface area contributed by atoms with Crippen molar-refractivity contribution in [1.29, 1.82) is 0 Å². The van der Waals surface area contributed by atoms with E-state index in [2.05, 4.69) is 17.2 Å². The zero-order valence-electron chi connectivity index (χ0n) is 10.4. The van der Waals surface area contributed by atoms with Gasteiger partial charge in [0.25, 0.3) is 0 Å². The molecule has 0 heterocycles. The number of hydrogen-bond donors (Lipinski definition) is 2. The fraction of sp³-hybridized carbons (Fsp3) is 0.286. The summed E-state index contributed by atoms with van der Waals surface area (Å²) >= 11 is 0. The molecular weight excluding hydrogens is 247 g/mol. The van der Waals surface area contributed by atoms with E-state index in [9.17, 15) is 14.0 Å². The van der Waals surface area contributed by atoms with Crippen LogP contribution in [0.5, 0.6) is 0 Å². The molecule has 5 heteroatoms. The van der Waals surface area contributed by atoms with Crippen LogP contribution in [0.1, 0.15) is 12.8 Å². The number of hydrogen-bond acceptors (Lipinski definition) is 2. The molecule has 0 bridgehead atoms. The van der Waals surface area contributed by atoms with Crippen molar-refractivity contribution >= 4 is 17.5 Å². The maximum Gasteiger partial charge on any atom is 0.240 e. The Balaban J connectivity index is 2.01. The first kappa shape index (κ1) is 13.3. The van der Waals surface area contributed by atoms with Crippen LogP contribution in [0.25, 0.3) is 0 Å². The lowest BCUT2D eigenvalue weighted by Crippen LogP contribution is -2.40. The second-order valence-electron chi connectivity index (χ2n) is 4.54. The zero-order chi connectivity index (χ0) is 13.9. The molecule has 100 valence electrons. The predicted molar refractivity (Wildman–Crippen MR) is 69.9 cm³/mol. The standard InChI is InChI=1S/C14H15FN2O2/c1-2-9-16-12(18)14(7-8-14)13(19)17-11-5-3-10(15)4-6-11/h2-6H,1,7-9H2,(H,16,18)(H,17,19). The molecule has 1 aromatic carbocycles. The Labute approximate surface area is 110 Å². The van der Waals surface area contributed by atoms with E-state index < -0.39 is 5.41 Å². The Morgan fingerprint density at radius 1 is 1.26 bits per heavy atom. The number of carbonyl (C=O) groups excluding carboxylic acids is 2. The van der Waals surface area contributed by atoms with Gasteiger partial charge in [0.1, 0.15) is 11.2 Å². The minimum absolute atomic E-state index is 0.285. The smallest absolute Gasteiger partial charge is 0.240 e. The number of halogens is 1. The Hall–Kier alpha value is -2.17. The van der Waals surface area contributed by atoms with Gasteiger partial charge in [-0.05, 0) is 37.1 Å². The summed E-state index contributed by atoms with van der Waals surface area (Å²) < 4.78 is 12.8. The van der Waals surface area contributed by atoms with Gasteiger partial charge in [-0.25, -0.2) is 4.39 Å². The van der Waals surface area contributed by atoms with Crippen LogP contribution < -0.4 is 10.6 Å². The van der Waals surface area contributed by atoms with Gasteiger partial charge in [0.2, 0.25) is 11.8 Å². The molecule has 2 N–H and O–H groups in total.